The summed E-state index contributed by atoms with van der Waals surface area (Å²) in [5, 5.41) is 4.93. The molecule has 0 bridgehead atoms. The number of allylic oxidation sites excluding steroid dienone is 1. The minimum absolute atomic E-state index is 0.0551. The van der Waals surface area contributed by atoms with Crippen molar-refractivity contribution in [2.45, 2.75) is 39.8 Å². The summed E-state index contributed by atoms with van der Waals surface area (Å²) in [6.07, 6.45) is 3.82. The highest BCUT2D eigenvalue weighted by molar-refractivity contribution is 7.07. The fourth-order valence-corrected chi connectivity index (χ4v) is 6.47. The van der Waals surface area contributed by atoms with Crippen LogP contribution in [0.25, 0.3) is 23.0 Å². The number of methoxy groups -OCH3 is 1. The maximum absolute atomic E-state index is 14.3. The van der Waals surface area contributed by atoms with Crippen molar-refractivity contribution in [2.75, 3.05) is 13.7 Å². The number of rotatable bonds is 9. The van der Waals surface area contributed by atoms with E-state index in [2.05, 4.69) is 0 Å². The lowest BCUT2D eigenvalue weighted by Gasteiger charge is -2.24. The predicted molar refractivity (Wildman–Crippen MR) is 178 cm³/mol. The van der Waals surface area contributed by atoms with Crippen LogP contribution in [0.15, 0.2) is 106 Å². The summed E-state index contributed by atoms with van der Waals surface area (Å²) in [7, 11) is 1.59. The molecule has 0 spiro atoms. The molecule has 1 atom stereocenters. The number of hydrogen-bond acceptors (Lipinski definition) is 8. The predicted octanol–water partition coefficient (Wildman–Crippen LogP) is 5.45. The number of para-hydroxylation sites is 1. The Morgan fingerprint density at radius 2 is 1.70 bits per heavy atom. The molecule has 0 N–H and O–H groups in total. The zero-order chi connectivity index (χ0) is 32.4. The molecule has 3 aromatic carbocycles. The van der Waals surface area contributed by atoms with Gasteiger partial charge in [-0.1, -0.05) is 41.7 Å². The van der Waals surface area contributed by atoms with Crippen molar-refractivity contribution < 1.29 is 19.0 Å². The molecule has 3 heterocycles. The van der Waals surface area contributed by atoms with E-state index in [9.17, 15) is 9.59 Å². The molecule has 10 heteroatoms. The highest BCUT2D eigenvalue weighted by Gasteiger charge is 2.33. The monoisotopic (exact) mass is 634 g/mol. The lowest BCUT2D eigenvalue weighted by Crippen LogP contribution is -2.39. The summed E-state index contributed by atoms with van der Waals surface area (Å²) < 4.78 is 20.5. The molecular weight excluding hydrogens is 600 g/mol. The molecule has 2 aromatic heterocycles. The van der Waals surface area contributed by atoms with Gasteiger partial charge in [-0.25, -0.2) is 14.5 Å². The van der Waals surface area contributed by atoms with Crippen LogP contribution < -0.4 is 24.4 Å². The third-order valence-corrected chi connectivity index (χ3v) is 8.48. The summed E-state index contributed by atoms with van der Waals surface area (Å²) in [6, 6.07) is 24.2. The summed E-state index contributed by atoms with van der Waals surface area (Å²) in [5.41, 5.74) is 4.54. The maximum Gasteiger partial charge on any atom is 0.338 e. The molecule has 5 aromatic rings. The van der Waals surface area contributed by atoms with Gasteiger partial charge in [0.2, 0.25) is 0 Å². The highest BCUT2D eigenvalue weighted by atomic mass is 32.1. The van der Waals surface area contributed by atoms with Gasteiger partial charge in [0.15, 0.2) is 4.80 Å². The quantitative estimate of drug-likeness (QED) is 0.200. The fraction of sp³-hybridized carbons (Fsp3) is 0.222. The molecule has 234 valence electrons. The lowest BCUT2D eigenvalue weighted by atomic mass is 9.96. The smallest absolute Gasteiger partial charge is 0.338 e. The largest absolute Gasteiger partial charge is 0.497 e. The zero-order valence-corrected chi connectivity index (χ0v) is 27.1. The van der Waals surface area contributed by atoms with Gasteiger partial charge < -0.3 is 14.2 Å². The van der Waals surface area contributed by atoms with Crippen LogP contribution in [-0.2, 0) is 9.53 Å². The topological polar surface area (TPSA) is 96.9 Å². The highest BCUT2D eigenvalue weighted by Crippen LogP contribution is 2.32. The van der Waals surface area contributed by atoms with Gasteiger partial charge in [0.05, 0.1) is 47.4 Å². The second-order valence-corrected chi connectivity index (χ2v) is 12.0. The van der Waals surface area contributed by atoms with E-state index >= 15 is 0 Å². The van der Waals surface area contributed by atoms with Gasteiger partial charge in [-0.3, -0.25) is 9.36 Å². The van der Waals surface area contributed by atoms with E-state index in [-0.39, 0.29) is 18.3 Å². The van der Waals surface area contributed by atoms with Gasteiger partial charge in [0.25, 0.3) is 5.56 Å². The summed E-state index contributed by atoms with van der Waals surface area (Å²) >= 11 is 1.27. The van der Waals surface area contributed by atoms with Crippen LogP contribution in [0.1, 0.15) is 44.9 Å². The molecular formula is C36H34N4O5S. The van der Waals surface area contributed by atoms with Crippen molar-refractivity contribution in [3.63, 3.8) is 0 Å². The van der Waals surface area contributed by atoms with Crippen molar-refractivity contribution in [3.05, 3.63) is 127 Å². The van der Waals surface area contributed by atoms with Gasteiger partial charge in [0, 0.05) is 17.3 Å². The van der Waals surface area contributed by atoms with Crippen LogP contribution in [0, 0.1) is 0 Å². The average molecular weight is 635 g/mol. The zero-order valence-electron chi connectivity index (χ0n) is 26.3. The summed E-state index contributed by atoms with van der Waals surface area (Å²) in [5.74, 6) is 0.930. The van der Waals surface area contributed by atoms with E-state index in [0.29, 0.717) is 32.0 Å². The van der Waals surface area contributed by atoms with E-state index in [4.69, 9.17) is 24.3 Å². The number of thiazole rings is 1. The Morgan fingerprint density at radius 1 is 1.00 bits per heavy atom. The van der Waals surface area contributed by atoms with E-state index in [1.54, 1.807) is 30.2 Å². The van der Waals surface area contributed by atoms with Gasteiger partial charge in [-0.2, -0.15) is 5.10 Å². The number of benzene rings is 3. The minimum atomic E-state index is -0.719. The number of carbonyl (C=O) groups excluding carboxylic acids is 1. The Bertz CT molecular complexity index is 2090. The second kappa shape index (κ2) is 13.0. The van der Waals surface area contributed by atoms with Gasteiger partial charge in [0.1, 0.15) is 17.2 Å². The van der Waals surface area contributed by atoms with Crippen molar-refractivity contribution in [1.29, 1.82) is 0 Å². The molecule has 0 saturated carbocycles. The van der Waals surface area contributed by atoms with Crippen molar-refractivity contribution in [3.8, 4) is 28.4 Å². The number of aromatic nitrogens is 3. The Labute approximate surface area is 270 Å². The normalized spacial score (nSPS) is 14.7. The fourth-order valence-electron chi connectivity index (χ4n) is 5.43. The van der Waals surface area contributed by atoms with Crippen molar-refractivity contribution in [1.82, 2.24) is 14.3 Å². The Balaban J connectivity index is 1.52. The standard InChI is InChI=1S/C36H34N4O5S/c1-6-44-35(42)31-23(4)37-36-40(33(31)25-14-16-28(43-5)17-15-25)34(41)30(46-36)20-26-21-39(27-10-8-7-9-11-27)38-32(26)24-12-18-29(19-13-24)45-22(2)3/h7-22,33H,6H2,1-5H3. The van der Waals surface area contributed by atoms with E-state index < -0.39 is 12.0 Å². The van der Waals surface area contributed by atoms with Crippen LogP contribution in [0.5, 0.6) is 11.5 Å². The van der Waals surface area contributed by atoms with Crippen LogP contribution >= 0.6 is 11.3 Å². The summed E-state index contributed by atoms with van der Waals surface area (Å²) in [4.78, 5) is 32.7. The molecule has 6 rings (SSSR count). The van der Waals surface area contributed by atoms with E-state index in [1.807, 2.05) is 105 Å². The van der Waals surface area contributed by atoms with Crippen LogP contribution in [0.2, 0.25) is 0 Å². The maximum atomic E-state index is 14.3. The third-order valence-electron chi connectivity index (χ3n) is 7.50. The minimum Gasteiger partial charge on any atom is -0.497 e. The Hall–Kier alpha value is -5.22. The van der Waals surface area contributed by atoms with Gasteiger partial charge >= 0.3 is 5.97 Å². The number of carbonyl (C=O) groups is 1. The first-order valence-corrected chi connectivity index (χ1v) is 15.8. The number of fused-ring (bicyclic) bond motifs is 1. The molecule has 1 aliphatic rings. The Kier molecular flexibility index (Phi) is 8.72. The summed E-state index contributed by atoms with van der Waals surface area (Å²) in [6.45, 7) is 7.70. The van der Waals surface area contributed by atoms with Crippen molar-refractivity contribution >= 4 is 23.4 Å². The first-order valence-electron chi connectivity index (χ1n) is 15.0. The molecule has 0 fully saturated rings. The molecule has 0 radical (unpaired) electrons. The molecule has 1 unspecified atom stereocenters. The lowest BCUT2D eigenvalue weighted by molar-refractivity contribution is -0.139. The average Bonchev–Trinajstić information content (AvgIpc) is 3.61. The van der Waals surface area contributed by atoms with E-state index in [1.165, 1.54) is 11.3 Å². The first kappa shape index (κ1) is 30.8. The Morgan fingerprint density at radius 3 is 2.35 bits per heavy atom. The molecule has 0 saturated heterocycles. The molecule has 0 amide bonds. The molecule has 1 aliphatic heterocycles. The second-order valence-electron chi connectivity index (χ2n) is 11.0. The third kappa shape index (κ3) is 6.03. The SMILES string of the molecule is CCOC(=O)C1=C(C)N=c2sc(=Cc3cn(-c4ccccc4)nc3-c3ccc(OC(C)C)cc3)c(=O)n2C1c1ccc(OC)cc1. The van der Waals surface area contributed by atoms with Crippen LogP contribution in [0.3, 0.4) is 0 Å². The number of esters is 1. The first-order chi connectivity index (χ1) is 22.3. The van der Waals surface area contributed by atoms with Crippen LogP contribution in [-0.4, -0.2) is 40.1 Å². The van der Waals surface area contributed by atoms with E-state index in [0.717, 1.165) is 28.1 Å². The number of nitrogens with zero attached hydrogens (tertiary/aromatic N) is 4. The molecule has 9 nitrogen and oxygen atoms in total. The number of hydrogen-bond donors (Lipinski definition) is 0. The number of ether oxygens (including phenoxy) is 3. The van der Waals surface area contributed by atoms with Crippen molar-refractivity contribution in [2.24, 2.45) is 4.99 Å². The van der Waals surface area contributed by atoms with Crippen LogP contribution in [0.4, 0.5) is 0 Å². The van der Waals surface area contributed by atoms with Gasteiger partial charge in [-0.05, 0) is 87.9 Å². The molecule has 46 heavy (non-hydrogen) atoms. The molecule has 0 aliphatic carbocycles. The van der Waals surface area contributed by atoms with Gasteiger partial charge in [-0.15, -0.1) is 0 Å².